The molecular weight excluding hydrogens is 425 g/mol. The molecule has 1 aromatic heterocycles. The number of nitrogens with one attached hydrogen (secondary N) is 1. The van der Waals surface area contributed by atoms with Gasteiger partial charge in [0.2, 0.25) is 0 Å². The maximum Gasteiger partial charge on any atom is 0.392 e. The summed E-state index contributed by atoms with van der Waals surface area (Å²) in [5, 5.41) is 0.569. The van der Waals surface area contributed by atoms with Crippen molar-refractivity contribution in [1.82, 2.24) is 4.98 Å². The van der Waals surface area contributed by atoms with Gasteiger partial charge in [-0.15, -0.1) is 0 Å². The largest absolute Gasteiger partial charge is 0.496 e. The van der Waals surface area contributed by atoms with Gasteiger partial charge in [0.05, 0.1) is 18.5 Å². The van der Waals surface area contributed by atoms with Crippen molar-refractivity contribution >= 4 is 22.5 Å². The smallest absolute Gasteiger partial charge is 0.392 e. The monoisotopic (exact) mass is 445 g/mol. The Hall–Kier alpha value is -2.28. The summed E-state index contributed by atoms with van der Waals surface area (Å²) in [7, 11) is 1.39. The SMILES string of the molecule is COc1ccc(F)cc1C(C)(C)CC(Cc1cc2cc(Cl)cc(F)c2[nH]1)C(F)(F)F. The van der Waals surface area contributed by atoms with Gasteiger partial charge in [0.15, 0.2) is 0 Å². The highest BCUT2D eigenvalue weighted by molar-refractivity contribution is 6.31. The number of ether oxygens (including phenoxy) is 1. The molecule has 0 aliphatic heterocycles. The molecule has 0 spiro atoms. The van der Waals surface area contributed by atoms with E-state index in [0.717, 1.165) is 6.07 Å². The number of alkyl halides is 3. The van der Waals surface area contributed by atoms with E-state index in [9.17, 15) is 22.0 Å². The zero-order chi connectivity index (χ0) is 22.3. The number of fused-ring (bicyclic) bond motifs is 1. The fourth-order valence-corrected chi connectivity index (χ4v) is 4.05. The number of hydrogen-bond donors (Lipinski definition) is 1. The summed E-state index contributed by atoms with van der Waals surface area (Å²) >= 11 is 5.83. The van der Waals surface area contributed by atoms with Crippen molar-refractivity contribution in [1.29, 1.82) is 0 Å². The Morgan fingerprint density at radius 3 is 2.40 bits per heavy atom. The van der Waals surface area contributed by atoms with E-state index in [-0.39, 0.29) is 29.1 Å². The van der Waals surface area contributed by atoms with Crippen LogP contribution in [0.4, 0.5) is 22.0 Å². The number of H-pyrrole nitrogens is 1. The predicted octanol–water partition coefficient (Wildman–Crippen LogP) is 7.20. The first-order chi connectivity index (χ1) is 13.9. The van der Waals surface area contributed by atoms with Crippen LogP contribution < -0.4 is 4.74 Å². The number of rotatable bonds is 6. The van der Waals surface area contributed by atoms with Crippen LogP contribution in [-0.2, 0) is 11.8 Å². The first-order valence-corrected chi connectivity index (χ1v) is 9.66. The molecule has 1 atom stereocenters. The van der Waals surface area contributed by atoms with Crippen LogP contribution in [0.1, 0.15) is 31.5 Å². The first kappa shape index (κ1) is 22.4. The van der Waals surface area contributed by atoms with Crippen LogP contribution in [0, 0.1) is 17.6 Å². The lowest BCUT2D eigenvalue weighted by atomic mass is 9.75. The van der Waals surface area contributed by atoms with E-state index in [1.165, 1.54) is 37.4 Å². The molecular formula is C22H21ClF5NO. The highest BCUT2D eigenvalue weighted by atomic mass is 35.5. The maximum atomic E-state index is 14.1. The van der Waals surface area contributed by atoms with E-state index in [1.807, 2.05) is 0 Å². The molecule has 2 aromatic carbocycles. The van der Waals surface area contributed by atoms with E-state index >= 15 is 0 Å². The molecule has 3 rings (SSSR count). The van der Waals surface area contributed by atoms with Gasteiger partial charge in [-0.25, -0.2) is 8.78 Å². The number of aromatic nitrogens is 1. The highest BCUT2D eigenvalue weighted by Crippen LogP contribution is 2.42. The summed E-state index contributed by atoms with van der Waals surface area (Å²) in [6, 6.07) is 7.86. The molecule has 0 radical (unpaired) electrons. The van der Waals surface area contributed by atoms with Crippen molar-refractivity contribution in [3.63, 3.8) is 0 Å². The molecule has 2 nitrogen and oxygen atoms in total. The van der Waals surface area contributed by atoms with Crippen molar-refractivity contribution in [2.75, 3.05) is 7.11 Å². The zero-order valence-corrected chi connectivity index (χ0v) is 17.4. The van der Waals surface area contributed by atoms with Crippen LogP contribution in [0.2, 0.25) is 5.02 Å². The minimum atomic E-state index is -4.51. The Morgan fingerprint density at radius 2 is 1.77 bits per heavy atom. The van der Waals surface area contributed by atoms with Gasteiger partial charge < -0.3 is 9.72 Å². The van der Waals surface area contributed by atoms with Gasteiger partial charge in [-0.05, 0) is 54.7 Å². The molecule has 0 saturated heterocycles. The second-order valence-electron chi connectivity index (χ2n) is 8.02. The molecule has 1 heterocycles. The molecule has 0 saturated carbocycles. The first-order valence-electron chi connectivity index (χ1n) is 9.28. The van der Waals surface area contributed by atoms with Gasteiger partial charge in [-0.3, -0.25) is 0 Å². The number of hydrogen-bond acceptors (Lipinski definition) is 1. The fraction of sp³-hybridized carbons (Fsp3) is 0.364. The Labute approximate surface area is 176 Å². The summed E-state index contributed by atoms with van der Waals surface area (Å²) in [5.41, 5.74) is -0.320. The maximum absolute atomic E-state index is 14.1. The third-order valence-electron chi connectivity index (χ3n) is 5.28. The molecule has 0 aliphatic rings. The summed E-state index contributed by atoms with van der Waals surface area (Å²) in [5.74, 6) is -2.60. The lowest BCUT2D eigenvalue weighted by Gasteiger charge is -2.32. The average molecular weight is 446 g/mol. The van der Waals surface area contributed by atoms with Crippen molar-refractivity contribution in [2.24, 2.45) is 5.92 Å². The summed E-state index contributed by atoms with van der Waals surface area (Å²) in [4.78, 5) is 2.73. The van der Waals surface area contributed by atoms with Crippen LogP contribution in [0.25, 0.3) is 10.9 Å². The molecule has 0 amide bonds. The number of halogens is 6. The molecule has 0 bridgehead atoms. The van der Waals surface area contributed by atoms with Crippen LogP contribution in [0.5, 0.6) is 5.75 Å². The van der Waals surface area contributed by atoms with Crippen molar-refractivity contribution in [3.8, 4) is 5.75 Å². The molecule has 162 valence electrons. The van der Waals surface area contributed by atoms with Gasteiger partial charge in [-0.2, -0.15) is 13.2 Å². The van der Waals surface area contributed by atoms with Crippen molar-refractivity contribution in [2.45, 2.75) is 38.3 Å². The molecule has 3 aromatic rings. The molecule has 8 heteroatoms. The molecule has 30 heavy (non-hydrogen) atoms. The molecule has 0 aliphatic carbocycles. The second kappa shape index (κ2) is 8.10. The fourth-order valence-electron chi connectivity index (χ4n) is 3.84. The third kappa shape index (κ3) is 4.72. The normalized spacial score (nSPS) is 13.6. The lowest BCUT2D eigenvalue weighted by molar-refractivity contribution is -0.179. The van der Waals surface area contributed by atoms with Crippen LogP contribution in [-0.4, -0.2) is 18.3 Å². The van der Waals surface area contributed by atoms with Gasteiger partial charge in [0.1, 0.15) is 17.4 Å². The number of aromatic amines is 1. The Bertz CT molecular complexity index is 1060. The average Bonchev–Trinajstić information content (AvgIpc) is 3.03. The van der Waals surface area contributed by atoms with Crippen molar-refractivity contribution < 1.29 is 26.7 Å². The number of benzene rings is 2. The zero-order valence-electron chi connectivity index (χ0n) is 16.6. The van der Waals surface area contributed by atoms with E-state index in [2.05, 4.69) is 4.98 Å². The molecule has 1 unspecified atom stereocenters. The van der Waals surface area contributed by atoms with Crippen LogP contribution >= 0.6 is 11.6 Å². The van der Waals surface area contributed by atoms with Gasteiger partial charge in [0.25, 0.3) is 0 Å². The van der Waals surface area contributed by atoms with Crippen molar-refractivity contribution in [3.05, 3.63) is 64.3 Å². The van der Waals surface area contributed by atoms with Crippen LogP contribution in [0.15, 0.2) is 36.4 Å². The lowest BCUT2D eigenvalue weighted by Crippen LogP contribution is -2.32. The minimum absolute atomic E-state index is 0.112. The highest BCUT2D eigenvalue weighted by Gasteiger charge is 2.43. The van der Waals surface area contributed by atoms with E-state index in [0.29, 0.717) is 16.7 Å². The summed E-state index contributed by atoms with van der Waals surface area (Å²) < 4.78 is 74.8. The second-order valence-corrected chi connectivity index (χ2v) is 8.46. The standard InChI is InChI=1S/C22H21ClF5NO/c1-21(2,17-10-15(24)4-5-19(17)30-3)11-13(22(26,27)28)8-16-7-12-6-14(23)9-18(25)20(12)29-16/h4-7,9-10,13,29H,8,11H2,1-3H3. The van der Waals surface area contributed by atoms with Crippen LogP contribution in [0.3, 0.4) is 0 Å². The van der Waals surface area contributed by atoms with Gasteiger partial charge >= 0.3 is 6.18 Å². The number of methoxy groups -OCH3 is 1. The van der Waals surface area contributed by atoms with Gasteiger partial charge in [-0.1, -0.05) is 25.4 Å². The Kier molecular flexibility index (Phi) is 6.05. The van der Waals surface area contributed by atoms with E-state index in [4.69, 9.17) is 16.3 Å². The van der Waals surface area contributed by atoms with Gasteiger partial charge in [0, 0.05) is 21.7 Å². The van der Waals surface area contributed by atoms with E-state index < -0.39 is 29.1 Å². The summed E-state index contributed by atoms with van der Waals surface area (Å²) in [6.07, 6.45) is -5.20. The molecule has 1 N–H and O–H groups in total. The topological polar surface area (TPSA) is 25.0 Å². The Balaban J connectivity index is 1.94. The van der Waals surface area contributed by atoms with E-state index in [1.54, 1.807) is 13.8 Å². The minimum Gasteiger partial charge on any atom is -0.496 e. The summed E-state index contributed by atoms with van der Waals surface area (Å²) in [6.45, 7) is 3.24. The Morgan fingerprint density at radius 1 is 1.07 bits per heavy atom. The molecule has 0 fully saturated rings. The third-order valence-corrected chi connectivity index (χ3v) is 5.50. The predicted molar refractivity (Wildman–Crippen MR) is 107 cm³/mol. The quantitative estimate of drug-likeness (QED) is 0.399.